The molecule has 0 radical (unpaired) electrons. The summed E-state index contributed by atoms with van der Waals surface area (Å²) in [6.07, 6.45) is 1.72. The molecular formula is C12H20O3. The number of fused-ring (bicyclic) bond motifs is 3. The van der Waals surface area contributed by atoms with Crippen LogP contribution in [-0.4, -0.2) is 30.2 Å². The molecule has 3 nitrogen and oxygen atoms in total. The van der Waals surface area contributed by atoms with Crippen LogP contribution in [0.15, 0.2) is 0 Å². The minimum absolute atomic E-state index is 0.0536. The minimum atomic E-state index is -0.684. The Hall–Kier alpha value is -0.120. The average molecular weight is 212 g/mol. The standard InChI is InChI=1S/C12H20O3/c1-10(2)8-4-5-11(10,3)9(13)12(8)14-6-7-15-12/h8-9,13H,4-7H2,1-3H3/t8-,9-,11-/m0/s1. The van der Waals surface area contributed by atoms with Gasteiger partial charge in [-0.1, -0.05) is 20.8 Å². The van der Waals surface area contributed by atoms with E-state index in [1.165, 1.54) is 0 Å². The molecule has 2 aliphatic carbocycles. The van der Waals surface area contributed by atoms with Crippen molar-refractivity contribution < 1.29 is 14.6 Å². The van der Waals surface area contributed by atoms with Gasteiger partial charge in [-0.25, -0.2) is 0 Å². The van der Waals surface area contributed by atoms with E-state index in [1.54, 1.807) is 0 Å². The van der Waals surface area contributed by atoms with Gasteiger partial charge in [0.05, 0.1) is 13.2 Å². The van der Waals surface area contributed by atoms with E-state index < -0.39 is 11.9 Å². The molecule has 15 heavy (non-hydrogen) atoms. The smallest absolute Gasteiger partial charge is 0.198 e. The van der Waals surface area contributed by atoms with Gasteiger partial charge in [0.15, 0.2) is 5.79 Å². The zero-order chi connectivity index (χ0) is 10.9. The molecule has 1 spiro atoms. The molecule has 1 aliphatic heterocycles. The van der Waals surface area contributed by atoms with Crippen LogP contribution >= 0.6 is 0 Å². The predicted octanol–water partition coefficient (Wildman–Crippen LogP) is 1.55. The highest BCUT2D eigenvalue weighted by Gasteiger charge is 2.75. The van der Waals surface area contributed by atoms with Crippen LogP contribution in [0.3, 0.4) is 0 Å². The van der Waals surface area contributed by atoms with Crippen molar-refractivity contribution in [3.05, 3.63) is 0 Å². The molecule has 0 aromatic heterocycles. The molecule has 2 saturated carbocycles. The Morgan fingerprint density at radius 3 is 2.20 bits per heavy atom. The van der Waals surface area contributed by atoms with Crippen LogP contribution in [0, 0.1) is 16.7 Å². The highest BCUT2D eigenvalue weighted by Crippen LogP contribution is 2.70. The molecule has 0 aromatic carbocycles. The number of hydrogen-bond donors (Lipinski definition) is 1. The third-order valence-corrected chi connectivity index (χ3v) is 5.50. The first kappa shape index (κ1) is 10.1. The molecule has 2 bridgehead atoms. The summed E-state index contributed by atoms with van der Waals surface area (Å²) in [5.41, 5.74) is 0.0543. The van der Waals surface area contributed by atoms with E-state index in [4.69, 9.17) is 9.47 Å². The van der Waals surface area contributed by atoms with Gasteiger partial charge in [0.1, 0.15) is 6.10 Å². The lowest BCUT2D eigenvalue weighted by molar-refractivity contribution is -0.253. The second-order valence-corrected chi connectivity index (χ2v) is 6.05. The van der Waals surface area contributed by atoms with E-state index in [2.05, 4.69) is 20.8 Å². The highest BCUT2D eigenvalue weighted by molar-refractivity contribution is 5.19. The Bertz CT molecular complexity index is 293. The molecule has 3 aliphatic rings. The van der Waals surface area contributed by atoms with Gasteiger partial charge in [-0.05, 0) is 18.3 Å². The second-order valence-electron chi connectivity index (χ2n) is 6.05. The van der Waals surface area contributed by atoms with E-state index in [9.17, 15) is 5.11 Å². The van der Waals surface area contributed by atoms with Gasteiger partial charge >= 0.3 is 0 Å². The fourth-order valence-electron chi connectivity index (χ4n) is 4.16. The summed E-state index contributed by atoms with van der Waals surface area (Å²) in [7, 11) is 0. The molecule has 3 rings (SSSR count). The Kier molecular flexibility index (Phi) is 1.73. The van der Waals surface area contributed by atoms with Crippen molar-refractivity contribution in [1.29, 1.82) is 0 Å². The Labute approximate surface area is 90.8 Å². The normalized spacial score (nSPS) is 50.4. The highest BCUT2D eigenvalue weighted by atomic mass is 16.7. The Morgan fingerprint density at radius 2 is 1.73 bits per heavy atom. The zero-order valence-electron chi connectivity index (χ0n) is 9.75. The quantitative estimate of drug-likeness (QED) is 0.662. The van der Waals surface area contributed by atoms with Crippen LogP contribution in [-0.2, 0) is 9.47 Å². The molecule has 1 heterocycles. The first-order valence-electron chi connectivity index (χ1n) is 5.91. The molecule has 0 amide bonds. The van der Waals surface area contributed by atoms with E-state index in [0.29, 0.717) is 19.1 Å². The molecular weight excluding hydrogens is 192 g/mol. The van der Waals surface area contributed by atoms with Gasteiger partial charge in [-0.2, -0.15) is 0 Å². The van der Waals surface area contributed by atoms with Crippen molar-refractivity contribution >= 4 is 0 Å². The summed E-state index contributed by atoms with van der Waals surface area (Å²) in [5, 5.41) is 10.5. The van der Waals surface area contributed by atoms with Crippen LogP contribution in [0.1, 0.15) is 33.6 Å². The van der Waals surface area contributed by atoms with Gasteiger partial charge in [-0.15, -0.1) is 0 Å². The SMILES string of the molecule is CC1(C)[C@@H]2CC[C@@]1(C)[C@H](O)C21OCCO1. The van der Waals surface area contributed by atoms with E-state index in [-0.39, 0.29) is 10.8 Å². The fraction of sp³-hybridized carbons (Fsp3) is 1.00. The lowest BCUT2D eigenvalue weighted by Gasteiger charge is -2.39. The topological polar surface area (TPSA) is 38.7 Å². The van der Waals surface area contributed by atoms with E-state index in [1.807, 2.05) is 0 Å². The summed E-state index contributed by atoms with van der Waals surface area (Å²) in [4.78, 5) is 0. The van der Waals surface area contributed by atoms with Gasteiger partial charge < -0.3 is 14.6 Å². The summed E-state index contributed by atoms with van der Waals surface area (Å²) in [6.45, 7) is 7.91. The molecule has 0 unspecified atom stereocenters. The van der Waals surface area contributed by atoms with Crippen LogP contribution in [0.25, 0.3) is 0 Å². The summed E-state index contributed by atoms with van der Waals surface area (Å²) in [6, 6.07) is 0. The van der Waals surface area contributed by atoms with Gasteiger partial charge in [0.25, 0.3) is 0 Å². The third kappa shape index (κ3) is 0.855. The van der Waals surface area contributed by atoms with Gasteiger partial charge in [-0.3, -0.25) is 0 Å². The van der Waals surface area contributed by atoms with E-state index >= 15 is 0 Å². The average Bonchev–Trinajstić information content (AvgIpc) is 2.74. The van der Waals surface area contributed by atoms with Crippen LogP contribution < -0.4 is 0 Å². The summed E-state index contributed by atoms with van der Waals surface area (Å²) in [5.74, 6) is -0.344. The largest absolute Gasteiger partial charge is 0.387 e. The molecule has 3 fully saturated rings. The number of rotatable bonds is 0. The maximum Gasteiger partial charge on any atom is 0.198 e. The number of hydrogen-bond acceptors (Lipinski definition) is 3. The fourth-order valence-corrected chi connectivity index (χ4v) is 4.16. The van der Waals surface area contributed by atoms with Gasteiger partial charge in [0, 0.05) is 11.3 Å². The van der Waals surface area contributed by atoms with Crippen LogP contribution in [0.5, 0.6) is 0 Å². The Morgan fingerprint density at radius 1 is 1.13 bits per heavy atom. The molecule has 3 heteroatoms. The molecule has 1 N–H and O–H groups in total. The Balaban J connectivity index is 2.09. The summed E-state index contributed by atoms with van der Waals surface area (Å²) < 4.78 is 11.6. The van der Waals surface area contributed by atoms with Crippen LogP contribution in [0.4, 0.5) is 0 Å². The van der Waals surface area contributed by atoms with Crippen LogP contribution in [0.2, 0.25) is 0 Å². The van der Waals surface area contributed by atoms with Crippen molar-refractivity contribution in [3.63, 3.8) is 0 Å². The first-order chi connectivity index (χ1) is 6.95. The van der Waals surface area contributed by atoms with E-state index in [0.717, 1.165) is 12.8 Å². The number of aliphatic hydroxyl groups is 1. The first-order valence-corrected chi connectivity index (χ1v) is 5.91. The van der Waals surface area contributed by atoms with Crippen molar-refractivity contribution in [1.82, 2.24) is 0 Å². The monoisotopic (exact) mass is 212 g/mol. The predicted molar refractivity (Wildman–Crippen MR) is 55.3 cm³/mol. The van der Waals surface area contributed by atoms with Crippen molar-refractivity contribution in [3.8, 4) is 0 Å². The molecule has 0 aromatic rings. The maximum atomic E-state index is 10.5. The number of aliphatic hydroxyl groups excluding tert-OH is 1. The molecule has 3 atom stereocenters. The van der Waals surface area contributed by atoms with Crippen molar-refractivity contribution in [2.24, 2.45) is 16.7 Å². The van der Waals surface area contributed by atoms with Crippen molar-refractivity contribution in [2.45, 2.75) is 45.5 Å². The zero-order valence-corrected chi connectivity index (χ0v) is 9.75. The lowest BCUT2D eigenvalue weighted by atomic mass is 9.70. The minimum Gasteiger partial charge on any atom is -0.387 e. The second kappa shape index (κ2) is 2.58. The number of ether oxygens (including phenoxy) is 2. The molecule has 1 saturated heterocycles. The summed E-state index contributed by atoms with van der Waals surface area (Å²) >= 11 is 0. The van der Waals surface area contributed by atoms with Crippen molar-refractivity contribution in [2.75, 3.05) is 13.2 Å². The van der Waals surface area contributed by atoms with Gasteiger partial charge in [0.2, 0.25) is 0 Å². The lowest BCUT2D eigenvalue weighted by Crippen LogP contribution is -2.50. The third-order valence-electron chi connectivity index (χ3n) is 5.50. The molecule has 86 valence electrons. The maximum absolute atomic E-state index is 10.5.